The number of piperazine rings is 1. The molecular weight excluding hydrogens is 252 g/mol. The highest BCUT2D eigenvalue weighted by Crippen LogP contribution is 2.28. The molecule has 0 aliphatic carbocycles. The average Bonchev–Trinajstić information content (AvgIpc) is 2.96. The Balaban J connectivity index is 1.60. The van der Waals surface area contributed by atoms with Crippen molar-refractivity contribution in [2.45, 2.75) is 13.3 Å². The molecule has 1 atom stereocenters. The summed E-state index contributed by atoms with van der Waals surface area (Å²) in [6.07, 6.45) is 2.77. The summed E-state index contributed by atoms with van der Waals surface area (Å²) in [6, 6.07) is 5.96. The van der Waals surface area contributed by atoms with Crippen molar-refractivity contribution < 1.29 is 4.79 Å². The summed E-state index contributed by atoms with van der Waals surface area (Å²) in [5, 5.41) is 3.30. The molecule has 1 aromatic heterocycles. The molecule has 2 aliphatic rings. The molecule has 108 valence electrons. The Hall–Kier alpha value is -1.62. The second kappa shape index (κ2) is 5.40. The van der Waals surface area contributed by atoms with Crippen molar-refractivity contribution in [3.63, 3.8) is 0 Å². The van der Waals surface area contributed by atoms with Crippen LogP contribution in [0.5, 0.6) is 0 Å². The second-order valence-electron chi connectivity index (χ2n) is 5.95. The number of rotatable bonds is 2. The Labute approximate surface area is 120 Å². The highest BCUT2D eigenvalue weighted by Gasteiger charge is 2.39. The van der Waals surface area contributed by atoms with Crippen molar-refractivity contribution in [1.82, 2.24) is 15.2 Å². The fraction of sp³-hybridized carbons (Fsp3) is 0.600. The van der Waals surface area contributed by atoms with E-state index in [1.807, 2.05) is 29.3 Å². The van der Waals surface area contributed by atoms with E-state index in [1.54, 1.807) is 0 Å². The van der Waals surface area contributed by atoms with Gasteiger partial charge in [0, 0.05) is 38.9 Å². The molecule has 1 amide bonds. The van der Waals surface area contributed by atoms with Gasteiger partial charge in [0.25, 0.3) is 0 Å². The van der Waals surface area contributed by atoms with Gasteiger partial charge in [-0.25, -0.2) is 4.98 Å². The number of nitrogens with one attached hydrogen (secondary N) is 1. The van der Waals surface area contributed by atoms with E-state index in [4.69, 9.17) is 0 Å². The number of carbonyl (C=O) groups is 1. The van der Waals surface area contributed by atoms with Gasteiger partial charge in [-0.1, -0.05) is 6.07 Å². The van der Waals surface area contributed by atoms with Crippen LogP contribution in [0.25, 0.3) is 0 Å². The van der Waals surface area contributed by atoms with Crippen LogP contribution in [-0.2, 0) is 4.79 Å². The Kier molecular flexibility index (Phi) is 3.61. The van der Waals surface area contributed by atoms with Gasteiger partial charge in [-0.15, -0.1) is 0 Å². The van der Waals surface area contributed by atoms with Crippen molar-refractivity contribution in [3.8, 4) is 0 Å². The van der Waals surface area contributed by atoms with Crippen LogP contribution in [0.15, 0.2) is 24.4 Å². The molecule has 3 heterocycles. The summed E-state index contributed by atoms with van der Waals surface area (Å²) in [5.74, 6) is 1.32. The summed E-state index contributed by atoms with van der Waals surface area (Å²) < 4.78 is 0. The predicted octanol–water partition coefficient (Wildman–Crippen LogP) is 0.730. The van der Waals surface area contributed by atoms with Gasteiger partial charge in [0.05, 0.1) is 5.41 Å². The van der Waals surface area contributed by atoms with Gasteiger partial charge in [-0.3, -0.25) is 4.79 Å². The third-order valence-corrected chi connectivity index (χ3v) is 4.43. The molecule has 5 heteroatoms. The monoisotopic (exact) mass is 274 g/mol. The first-order chi connectivity index (χ1) is 9.69. The largest absolute Gasteiger partial charge is 0.353 e. The van der Waals surface area contributed by atoms with Crippen molar-refractivity contribution in [3.05, 3.63) is 24.4 Å². The lowest BCUT2D eigenvalue weighted by Crippen LogP contribution is -2.53. The summed E-state index contributed by atoms with van der Waals surface area (Å²) in [4.78, 5) is 21.3. The molecule has 0 saturated carbocycles. The van der Waals surface area contributed by atoms with Crippen LogP contribution in [0, 0.1) is 5.41 Å². The van der Waals surface area contributed by atoms with E-state index in [1.165, 1.54) is 0 Å². The van der Waals surface area contributed by atoms with Gasteiger partial charge in [0.2, 0.25) is 5.91 Å². The number of aromatic nitrogens is 1. The van der Waals surface area contributed by atoms with Gasteiger partial charge < -0.3 is 15.1 Å². The first kappa shape index (κ1) is 13.4. The lowest BCUT2D eigenvalue weighted by atomic mass is 9.88. The number of nitrogens with zero attached hydrogens (tertiary/aromatic N) is 3. The normalized spacial score (nSPS) is 26.9. The first-order valence-corrected chi connectivity index (χ1v) is 7.35. The molecule has 20 heavy (non-hydrogen) atoms. The molecule has 2 aliphatic heterocycles. The third-order valence-electron chi connectivity index (χ3n) is 4.43. The quantitative estimate of drug-likeness (QED) is 0.864. The molecule has 0 bridgehead atoms. The molecule has 0 radical (unpaired) electrons. The van der Waals surface area contributed by atoms with Gasteiger partial charge in [0.15, 0.2) is 0 Å². The number of amides is 1. The van der Waals surface area contributed by atoms with Gasteiger partial charge in [-0.05, 0) is 32.0 Å². The fourth-order valence-electron chi connectivity index (χ4n) is 3.06. The van der Waals surface area contributed by atoms with Crippen molar-refractivity contribution >= 4 is 11.7 Å². The molecule has 2 saturated heterocycles. The minimum Gasteiger partial charge on any atom is -0.353 e. The van der Waals surface area contributed by atoms with Crippen LogP contribution in [-0.4, -0.2) is 55.1 Å². The van der Waals surface area contributed by atoms with E-state index in [9.17, 15) is 4.79 Å². The minimum absolute atomic E-state index is 0.201. The molecule has 5 nitrogen and oxygen atoms in total. The Bertz CT molecular complexity index is 462. The van der Waals surface area contributed by atoms with Crippen LogP contribution in [0.4, 0.5) is 5.82 Å². The predicted molar refractivity (Wildman–Crippen MR) is 78.6 cm³/mol. The summed E-state index contributed by atoms with van der Waals surface area (Å²) >= 11 is 0. The lowest BCUT2D eigenvalue weighted by Gasteiger charge is -2.38. The zero-order valence-electron chi connectivity index (χ0n) is 12.0. The number of hydrogen-bond acceptors (Lipinski definition) is 4. The SMILES string of the molecule is CC1(C(=O)N2CCN(c3ccccn3)CC2)CCNC1. The molecule has 2 fully saturated rings. The maximum atomic E-state index is 12.6. The van der Waals surface area contributed by atoms with E-state index in [0.29, 0.717) is 5.91 Å². The van der Waals surface area contributed by atoms with Crippen LogP contribution in [0.3, 0.4) is 0 Å². The van der Waals surface area contributed by atoms with Crippen LogP contribution < -0.4 is 10.2 Å². The molecule has 1 N–H and O–H groups in total. The lowest BCUT2D eigenvalue weighted by molar-refractivity contribution is -0.140. The van der Waals surface area contributed by atoms with Crippen LogP contribution in [0.1, 0.15) is 13.3 Å². The van der Waals surface area contributed by atoms with Crippen molar-refractivity contribution in [1.29, 1.82) is 0 Å². The van der Waals surface area contributed by atoms with Crippen LogP contribution >= 0.6 is 0 Å². The number of carbonyl (C=O) groups excluding carboxylic acids is 1. The number of pyridine rings is 1. The standard InChI is InChI=1S/C15H22N4O/c1-15(5-7-16-12-15)14(20)19-10-8-18(9-11-19)13-4-2-3-6-17-13/h2-4,6,16H,5,7-12H2,1H3. The Morgan fingerprint density at radius 3 is 2.70 bits per heavy atom. The zero-order valence-corrected chi connectivity index (χ0v) is 12.0. The maximum Gasteiger partial charge on any atom is 0.229 e. The zero-order chi connectivity index (χ0) is 14.0. The summed E-state index contributed by atoms with van der Waals surface area (Å²) in [5.41, 5.74) is -0.201. The maximum absolute atomic E-state index is 12.6. The topological polar surface area (TPSA) is 48.5 Å². The van der Waals surface area contributed by atoms with Crippen molar-refractivity contribution in [2.24, 2.45) is 5.41 Å². The molecule has 3 rings (SSSR count). The number of hydrogen-bond donors (Lipinski definition) is 1. The minimum atomic E-state index is -0.201. The van der Waals surface area contributed by atoms with E-state index in [-0.39, 0.29) is 5.41 Å². The molecule has 1 aromatic rings. The van der Waals surface area contributed by atoms with Crippen molar-refractivity contribution in [2.75, 3.05) is 44.2 Å². The van der Waals surface area contributed by atoms with Crippen LogP contribution in [0.2, 0.25) is 0 Å². The molecule has 0 aromatic carbocycles. The van der Waals surface area contributed by atoms with Gasteiger partial charge >= 0.3 is 0 Å². The summed E-state index contributed by atoms with van der Waals surface area (Å²) in [6.45, 7) is 7.18. The molecular formula is C15H22N4O. The highest BCUT2D eigenvalue weighted by atomic mass is 16.2. The van der Waals surface area contributed by atoms with Gasteiger partial charge in [0.1, 0.15) is 5.82 Å². The third kappa shape index (κ3) is 2.50. The summed E-state index contributed by atoms with van der Waals surface area (Å²) in [7, 11) is 0. The number of anilines is 1. The second-order valence-corrected chi connectivity index (χ2v) is 5.95. The molecule has 0 spiro atoms. The Morgan fingerprint density at radius 2 is 2.10 bits per heavy atom. The molecule has 1 unspecified atom stereocenters. The Morgan fingerprint density at radius 1 is 1.30 bits per heavy atom. The smallest absolute Gasteiger partial charge is 0.229 e. The highest BCUT2D eigenvalue weighted by molar-refractivity contribution is 5.83. The van der Waals surface area contributed by atoms with E-state index in [0.717, 1.165) is 51.5 Å². The fourth-order valence-corrected chi connectivity index (χ4v) is 3.06. The average molecular weight is 274 g/mol. The van der Waals surface area contributed by atoms with E-state index >= 15 is 0 Å². The van der Waals surface area contributed by atoms with E-state index in [2.05, 4.69) is 22.1 Å². The van der Waals surface area contributed by atoms with E-state index < -0.39 is 0 Å². The first-order valence-electron chi connectivity index (χ1n) is 7.35. The van der Waals surface area contributed by atoms with Gasteiger partial charge in [-0.2, -0.15) is 0 Å².